The van der Waals surface area contributed by atoms with E-state index in [1.807, 2.05) is 0 Å². The molecule has 1 heterocycles. The topological polar surface area (TPSA) is 88.8 Å². The largest absolute Gasteiger partial charge is 0.506 e. The second-order valence-electron chi connectivity index (χ2n) is 6.01. The van der Waals surface area contributed by atoms with Crippen LogP contribution >= 0.6 is 0 Å². The zero-order chi connectivity index (χ0) is 19.7. The fourth-order valence-corrected chi connectivity index (χ4v) is 2.90. The maximum atomic E-state index is 12.9. The average molecular weight is 366 g/mol. The maximum Gasteiger partial charge on any atom is 0.337 e. The first kappa shape index (κ1) is 18.2. The van der Waals surface area contributed by atoms with Crippen LogP contribution in [0.1, 0.15) is 20.7 Å². The highest BCUT2D eigenvalue weighted by Gasteiger charge is 2.24. The molecule has 0 radical (unpaired) electrons. The second-order valence-corrected chi connectivity index (χ2v) is 6.01. The number of hydrogen-bond acceptors (Lipinski definition) is 5. The van der Waals surface area contributed by atoms with E-state index in [1.54, 1.807) is 43.4 Å². The highest BCUT2D eigenvalue weighted by molar-refractivity contribution is 6.10. The lowest BCUT2D eigenvalue weighted by molar-refractivity contribution is 0.0600. The molecule has 0 atom stereocenters. The molecule has 0 fully saturated rings. The first-order chi connectivity index (χ1) is 12.9. The zero-order valence-electron chi connectivity index (χ0n) is 15.1. The number of methoxy groups -OCH3 is 1. The Morgan fingerprint density at radius 3 is 2.33 bits per heavy atom. The highest BCUT2D eigenvalue weighted by Crippen LogP contribution is 2.27. The Balaban J connectivity index is 2.05. The highest BCUT2D eigenvalue weighted by atomic mass is 16.5. The number of benzene rings is 2. The van der Waals surface area contributed by atoms with Crippen molar-refractivity contribution in [1.82, 2.24) is 4.57 Å². The number of rotatable bonds is 3. The summed E-state index contributed by atoms with van der Waals surface area (Å²) in [5.41, 5.74) is 0.431. The first-order valence-corrected chi connectivity index (χ1v) is 8.14. The summed E-state index contributed by atoms with van der Waals surface area (Å²) in [7, 11) is 4.32. The Labute approximate surface area is 155 Å². The van der Waals surface area contributed by atoms with Crippen molar-refractivity contribution in [2.75, 3.05) is 19.1 Å². The molecule has 2 aromatic carbocycles. The molecule has 7 nitrogen and oxygen atoms in total. The molecule has 0 aliphatic heterocycles. The van der Waals surface area contributed by atoms with Crippen molar-refractivity contribution in [1.29, 1.82) is 0 Å². The van der Waals surface area contributed by atoms with Gasteiger partial charge in [0.05, 0.1) is 18.2 Å². The number of carbonyl (C=O) groups excluding carboxylic acids is 2. The fraction of sp³-hybridized carbons (Fsp3) is 0.150. The van der Waals surface area contributed by atoms with E-state index < -0.39 is 17.4 Å². The van der Waals surface area contributed by atoms with Crippen molar-refractivity contribution < 1.29 is 19.4 Å². The van der Waals surface area contributed by atoms with Gasteiger partial charge in [-0.3, -0.25) is 9.59 Å². The Kier molecular flexibility index (Phi) is 4.68. The molecule has 27 heavy (non-hydrogen) atoms. The molecule has 0 saturated carbocycles. The van der Waals surface area contributed by atoms with Crippen LogP contribution in [0.25, 0.3) is 10.9 Å². The van der Waals surface area contributed by atoms with E-state index in [0.717, 1.165) is 0 Å². The Morgan fingerprint density at radius 1 is 1.07 bits per heavy atom. The molecular weight excluding hydrogens is 348 g/mol. The van der Waals surface area contributed by atoms with Gasteiger partial charge in [-0.2, -0.15) is 0 Å². The number of nitrogens with zero attached hydrogens (tertiary/aromatic N) is 2. The molecular formula is C20H18N2O5. The Hall–Kier alpha value is -3.61. The number of pyridine rings is 1. The minimum absolute atomic E-state index is 0.309. The van der Waals surface area contributed by atoms with E-state index in [-0.39, 0.29) is 11.3 Å². The van der Waals surface area contributed by atoms with Gasteiger partial charge in [-0.25, -0.2) is 4.79 Å². The van der Waals surface area contributed by atoms with Crippen LogP contribution in [0.15, 0.2) is 53.3 Å². The summed E-state index contributed by atoms with van der Waals surface area (Å²) in [5.74, 6) is -1.49. The lowest BCUT2D eigenvalue weighted by atomic mass is 10.1. The minimum Gasteiger partial charge on any atom is -0.506 e. The number of aromatic nitrogens is 1. The molecule has 0 unspecified atom stereocenters. The predicted molar refractivity (Wildman–Crippen MR) is 101 cm³/mol. The van der Waals surface area contributed by atoms with E-state index in [1.165, 1.54) is 35.8 Å². The van der Waals surface area contributed by atoms with Gasteiger partial charge in [0.2, 0.25) is 0 Å². The van der Waals surface area contributed by atoms with Crippen LogP contribution in [0.3, 0.4) is 0 Å². The van der Waals surface area contributed by atoms with E-state index in [2.05, 4.69) is 4.74 Å². The molecule has 1 N–H and O–H groups in total. The van der Waals surface area contributed by atoms with Gasteiger partial charge in [-0.15, -0.1) is 0 Å². The van der Waals surface area contributed by atoms with Crippen LogP contribution in [0.2, 0.25) is 0 Å². The number of aryl methyl sites for hydroxylation is 1. The maximum absolute atomic E-state index is 12.9. The van der Waals surface area contributed by atoms with Gasteiger partial charge < -0.3 is 19.3 Å². The molecule has 7 heteroatoms. The van der Waals surface area contributed by atoms with Crippen LogP contribution in [0.4, 0.5) is 5.69 Å². The lowest BCUT2D eigenvalue weighted by Crippen LogP contribution is -2.34. The number of para-hydroxylation sites is 1. The number of ether oxygens (including phenoxy) is 1. The molecule has 0 spiro atoms. The third-order valence-electron chi connectivity index (χ3n) is 4.47. The number of hydrogen-bond donors (Lipinski definition) is 1. The monoisotopic (exact) mass is 366 g/mol. The number of fused-ring (bicyclic) bond motifs is 1. The number of amides is 1. The molecule has 1 aromatic heterocycles. The minimum atomic E-state index is -0.648. The molecule has 0 bridgehead atoms. The van der Waals surface area contributed by atoms with E-state index in [9.17, 15) is 19.5 Å². The molecule has 1 amide bonds. The van der Waals surface area contributed by atoms with Gasteiger partial charge in [-0.1, -0.05) is 12.1 Å². The molecule has 3 rings (SSSR count). The number of anilines is 1. The number of esters is 1. The van der Waals surface area contributed by atoms with Crippen LogP contribution in [0.5, 0.6) is 5.75 Å². The van der Waals surface area contributed by atoms with Gasteiger partial charge in [0, 0.05) is 25.2 Å². The third kappa shape index (κ3) is 3.03. The summed E-state index contributed by atoms with van der Waals surface area (Å²) >= 11 is 0. The van der Waals surface area contributed by atoms with Crippen molar-refractivity contribution in [2.24, 2.45) is 7.05 Å². The average Bonchev–Trinajstić information content (AvgIpc) is 2.71. The Morgan fingerprint density at radius 2 is 1.70 bits per heavy atom. The van der Waals surface area contributed by atoms with Gasteiger partial charge in [0.25, 0.3) is 11.5 Å². The van der Waals surface area contributed by atoms with E-state index in [4.69, 9.17) is 0 Å². The van der Waals surface area contributed by atoms with Crippen molar-refractivity contribution in [3.8, 4) is 5.75 Å². The van der Waals surface area contributed by atoms with Crippen LogP contribution in [0, 0.1) is 0 Å². The van der Waals surface area contributed by atoms with Crippen LogP contribution in [-0.2, 0) is 11.8 Å². The zero-order valence-corrected chi connectivity index (χ0v) is 15.1. The van der Waals surface area contributed by atoms with E-state index in [0.29, 0.717) is 22.2 Å². The molecule has 138 valence electrons. The lowest BCUT2D eigenvalue weighted by Gasteiger charge is -2.19. The summed E-state index contributed by atoms with van der Waals surface area (Å²) in [4.78, 5) is 38.3. The fourth-order valence-electron chi connectivity index (χ4n) is 2.90. The van der Waals surface area contributed by atoms with Gasteiger partial charge in [-0.05, 0) is 36.4 Å². The second kappa shape index (κ2) is 6.95. The summed E-state index contributed by atoms with van der Waals surface area (Å²) in [6.45, 7) is 0. The van der Waals surface area contributed by atoms with Gasteiger partial charge in [0.1, 0.15) is 11.3 Å². The standard InChI is InChI=1S/C20H18N2O5/c1-21(13-10-8-12(9-11-13)20(26)27-3)18(24)16-17(23)14-6-4-5-7-15(14)22(2)19(16)25/h4-11,23H,1-3H3. The SMILES string of the molecule is COC(=O)c1ccc(N(C)C(=O)c2c(O)c3ccccc3n(C)c2=O)cc1. The van der Waals surface area contributed by atoms with Crippen molar-refractivity contribution >= 4 is 28.5 Å². The van der Waals surface area contributed by atoms with Crippen molar-refractivity contribution in [3.05, 3.63) is 70.0 Å². The molecule has 3 aromatic rings. The summed E-state index contributed by atoms with van der Waals surface area (Å²) in [5, 5.41) is 11.0. The van der Waals surface area contributed by atoms with Crippen LogP contribution < -0.4 is 10.5 Å². The quantitative estimate of drug-likeness (QED) is 0.719. The predicted octanol–water partition coefficient (Wildman–Crippen LogP) is 2.31. The molecule has 0 saturated heterocycles. The normalized spacial score (nSPS) is 10.6. The number of aromatic hydroxyl groups is 1. The molecule has 0 aliphatic carbocycles. The molecule has 0 aliphatic rings. The third-order valence-corrected chi connectivity index (χ3v) is 4.47. The summed E-state index contributed by atoms with van der Waals surface area (Å²) in [6, 6.07) is 13.0. The summed E-state index contributed by atoms with van der Waals surface area (Å²) < 4.78 is 5.97. The van der Waals surface area contributed by atoms with Gasteiger partial charge >= 0.3 is 5.97 Å². The van der Waals surface area contributed by atoms with Crippen molar-refractivity contribution in [3.63, 3.8) is 0 Å². The first-order valence-electron chi connectivity index (χ1n) is 8.14. The van der Waals surface area contributed by atoms with E-state index >= 15 is 0 Å². The van der Waals surface area contributed by atoms with Crippen molar-refractivity contribution in [2.45, 2.75) is 0 Å². The summed E-state index contributed by atoms with van der Waals surface area (Å²) in [6.07, 6.45) is 0. The number of carbonyl (C=O) groups is 2. The van der Waals surface area contributed by atoms with Crippen LogP contribution in [-0.4, -0.2) is 35.7 Å². The van der Waals surface area contributed by atoms with Gasteiger partial charge in [0.15, 0.2) is 0 Å². The Bertz CT molecular complexity index is 1100. The smallest absolute Gasteiger partial charge is 0.337 e.